The van der Waals surface area contributed by atoms with E-state index in [2.05, 4.69) is 120 Å². The molecular formula is C36H72N3O4P. The fraction of sp³-hybridized carbons (Fsp3) is 1.00. The van der Waals surface area contributed by atoms with Crippen LogP contribution in [0, 0.1) is 17.8 Å². The number of piperidine rings is 3. The van der Waals surface area contributed by atoms with E-state index in [1.54, 1.807) is 0 Å². The predicted molar refractivity (Wildman–Crippen MR) is 185 cm³/mol. The number of rotatable bonds is 12. The molecule has 0 bridgehead atoms. The first-order valence-electron chi connectivity index (χ1n) is 18.2. The van der Waals surface area contributed by atoms with E-state index in [1.165, 1.54) is 0 Å². The highest BCUT2D eigenvalue weighted by Crippen LogP contribution is 2.60. The van der Waals surface area contributed by atoms with Crippen molar-refractivity contribution in [3.63, 3.8) is 0 Å². The molecule has 260 valence electrons. The number of hydrogen-bond acceptors (Lipinski definition) is 7. The number of hydrogen-bond donors (Lipinski definition) is 3. The minimum Gasteiger partial charge on any atom is -0.306 e. The molecular weight excluding hydrogens is 569 g/mol. The third kappa shape index (κ3) is 7.66. The summed E-state index contributed by atoms with van der Waals surface area (Å²) in [5, 5.41) is 11.9. The maximum absolute atomic E-state index is 15.5. The van der Waals surface area contributed by atoms with Crippen LogP contribution < -0.4 is 16.0 Å². The molecule has 0 spiro atoms. The van der Waals surface area contributed by atoms with Crippen LogP contribution in [0.3, 0.4) is 0 Å². The Balaban J connectivity index is 2.08. The van der Waals surface area contributed by atoms with Crippen molar-refractivity contribution >= 4 is 7.82 Å². The van der Waals surface area contributed by atoms with Crippen LogP contribution in [-0.2, 0) is 18.1 Å². The van der Waals surface area contributed by atoms with Crippen LogP contribution in [-0.4, -0.2) is 51.5 Å². The van der Waals surface area contributed by atoms with E-state index in [4.69, 9.17) is 13.6 Å². The molecule has 12 unspecified atom stereocenters. The lowest BCUT2D eigenvalue weighted by atomic mass is 9.70. The van der Waals surface area contributed by atoms with Crippen LogP contribution in [0.1, 0.15) is 162 Å². The zero-order valence-corrected chi connectivity index (χ0v) is 32.3. The van der Waals surface area contributed by atoms with Gasteiger partial charge in [0.05, 0.1) is 18.3 Å². The van der Waals surface area contributed by atoms with Gasteiger partial charge in [-0.05, 0) is 99.3 Å². The van der Waals surface area contributed by atoms with E-state index in [0.29, 0.717) is 0 Å². The van der Waals surface area contributed by atoms with Gasteiger partial charge in [0.15, 0.2) is 0 Å². The molecule has 0 saturated carbocycles. The van der Waals surface area contributed by atoms with Gasteiger partial charge >= 0.3 is 7.82 Å². The Labute approximate surface area is 272 Å². The fourth-order valence-corrected chi connectivity index (χ4v) is 10.5. The van der Waals surface area contributed by atoms with Crippen LogP contribution in [0.4, 0.5) is 0 Å². The topological polar surface area (TPSA) is 80.9 Å². The first-order chi connectivity index (χ1) is 20.2. The summed E-state index contributed by atoms with van der Waals surface area (Å²) in [6.07, 6.45) is 7.29. The Morgan fingerprint density at radius 1 is 0.500 bits per heavy atom. The Hall–Kier alpha value is -0.0100. The molecule has 3 aliphatic heterocycles. The maximum Gasteiger partial charge on any atom is 0.475 e. The van der Waals surface area contributed by atoms with Crippen molar-refractivity contribution < 1.29 is 18.1 Å². The van der Waals surface area contributed by atoms with Gasteiger partial charge in [0.2, 0.25) is 0 Å². The normalized spacial score (nSPS) is 49.9. The highest BCUT2D eigenvalue weighted by Gasteiger charge is 2.55. The molecule has 3 heterocycles. The number of phosphoric acid groups is 1. The first kappa shape index (κ1) is 38.4. The molecule has 0 aromatic heterocycles. The lowest BCUT2D eigenvalue weighted by Crippen LogP contribution is -2.67. The lowest BCUT2D eigenvalue weighted by Gasteiger charge is -2.55. The summed E-state index contributed by atoms with van der Waals surface area (Å²) in [6, 6.07) is 0. The average Bonchev–Trinajstić information content (AvgIpc) is 2.97. The second-order valence-electron chi connectivity index (χ2n) is 16.8. The monoisotopic (exact) mass is 642 g/mol. The molecule has 3 aliphatic rings. The smallest absolute Gasteiger partial charge is 0.306 e. The van der Waals surface area contributed by atoms with Crippen molar-refractivity contribution in [2.75, 3.05) is 0 Å². The van der Waals surface area contributed by atoms with E-state index in [-0.39, 0.29) is 69.3 Å². The van der Waals surface area contributed by atoms with Crippen molar-refractivity contribution in [1.82, 2.24) is 16.0 Å². The van der Waals surface area contributed by atoms with Crippen LogP contribution in [0.2, 0.25) is 0 Å². The van der Waals surface area contributed by atoms with E-state index in [1.807, 2.05) is 0 Å². The quantitative estimate of drug-likeness (QED) is 0.183. The summed E-state index contributed by atoms with van der Waals surface area (Å²) in [6.45, 7) is 33.8. The van der Waals surface area contributed by atoms with Gasteiger partial charge in [0, 0.05) is 51.0 Å². The standard InChI is InChI=1S/C36H72N3O4P/c1-16-31(10)22-28(25(7)34(13,19-4)37-31)41-44(40,42-29-23-32(11,17-2)38-35(14,20-5)26(29)8)43-30-24-33(12,18-3)39-36(15,21-6)27(30)9/h25-30,37-39H,16-24H2,1-15H3. The molecule has 0 radical (unpaired) electrons. The zero-order chi connectivity index (χ0) is 33.6. The molecule has 12 atom stereocenters. The number of phosphoric ester groups is 1. The van der Waals surface area contributed by atoms with Gasteiger partial charge in [-0.2, -0.15) is 0 Å². The fourth-order valence-electron chi connectivity index (χ4n) is 8.54. The van der Waals surface area contributed by atoms with Crippen LogP contribution in [0.15, 0.2) is 0 Å². The van der Waals surface area contributed by atoms with Crippen LogP contribution >= 0.6 is 7.82 Å². The Morgan fingerprint density at radius 3 is 0.909 bits per heavy atom. The van der Waals surface area contributed by atoms with E-state index in [9.17, 15) is 0 Å². The van der Waals surface area contributed by atoms with Crippen molar-refractivity contribution in [3.05, 3.63) is 0 Å². The highest BCUT2D eigenvalue weighted by atomic mass is 31.2. The van der Waals surface area contributed by atoms with Gasteiger partial charge < -0.3 is 16.0 Å². The summed E-state index contributed by atoms with van der Waals surface area (Å²) >= 11 is 0. The lowest BCUT2D eigenvalue weighted by molar-refractivity contribution is -0.0877. The third-order valence-electron chi connectivity index (χ3n) is 13.7. The molecule has 0 aliphatic carbocycles. The second-order valence-corrected chi connectivity index (χ2v) is 18.3. The van der Waals surface area contributed by atoms with Crippen LogP contribution in [0.5, 0.6) is 0 Å². The predicted octanol–water partition coefficient (Wildman–Crippen LogP) is 9.15. The average molecular weight is 642 g/mol. The molecule has 0 aromatic rings. The molecule has 3 rings (SSSR count). The summed E-state index contributed by atoms with van der Waals surface area (Å²) in [4.78, 5) is 0. The molecule has 3 saturated heterocycles. The van der Waals surface area contributed by atoms with Gasteiger partial charge in [-0.15, -0.1) is 0 Å². The minimum atomic E-state index is -4.02. The van der Waals surface area contributed by atoms with Crippen molar-refractivity contribution in [2.24, 2.45) is 17.8 Å². The molecule has 3 N–H and O–H groups in total. The summed E-state index contributed by atoms with van der Waals surface area (Å²) in [7, 11) is -4.02. The van der Waals surface area contributed by atoms with E-state index in [0.717, 1.165) is 57.8 Å². The first-order valence-corrected chi connectivity index (χ1v) is 19.6. The summed E-state index contributed by atoms with van der Waals surface area (Å²) in [5.41, 5.74) is -0.816. The second kappa shape index (κ2) is 13.5. The Morgan fingerprint density at radius 2 is 0.727 bits per heavy atom. The van der Waals surface area contributed by atoms with Gasteiger partial charge in [0.25, 0.3) is 0 Å². The molecule has 44 heavy (non-hydrogen) atoms. The van der Waals surface area contributed by atoms with Crippen molar-refractivity contribution in [3.8, 4) is 0 Å². The largest absolute Gasteiger partial charge is 0.475 e. The summed E-state index contributed by atoms with van der Waals surface area (Å²) in [5.74, 6) is 0.395. The van der Waals surface area contributed by atoms with E-state index >= 15 is 4.57 Å². The SMILES string of the molecule is CCC1(C)CC(OP(=O)(OC2CC(C)(CC)NC(C)(CC)C2C)OC2CC(C)(CC)NC(C)(CC)C2C)C(C)C(C)(CC)N1. The minimum absolute atomic E-state index is 0.125. The van der Waals surface area contributed by atoms with Gasteiger partial charge in [0.1, 0.15) is 0 Å². The molecule has 0 aromatic carbocycles. The number of nitrogens with one attached hydrogen (secondary N) is 3. The van der Waals surface area contributed by atoms with Gasteiger partial charge in [-0.25, -0.2) is 4.57 Å². The van der Waals surface area contributed by atoms with Crippen molar-refractivity contribution in [1.29, 1.82) is 0 Å². The molecule has 0 amide bonds. The highest BCUT2D eigenvalue weighted by molar-refractivity contribution is 7.48. The summed E-state index contributed by atoms with van der Waals surface area (Å²) < 4.78 is 36.3. The van der Waals surface area contributed by atoms with Gasteiger partial charge in [-0.1, -0.05) is 62.3 Å². The van der Waals surface area contributed by atoms with Gasteiger partial charge in [-0.3, -0.25) is 13.6 Å². The molecule has 8 heteroatoms. The van der Waals surface area contributed by atoms with Crippen molar-refractivity contribution in [2.45, 2.75) is 213 Å². The molecule has 3 fully saturated rings. The Bertz CT molecular complexity index is 908. The van der Waals surface area contributed by atoms with Crippen LogP contribution in [0.25, 0.3) is 0 Å². The zero-order valence-electron chi connectivity index (χ0n) is 31.4. The third-order valence-corrected chi connectivity index (χ3v) is 15.3. The van der Waals surface area contributed by atoms with E-state index < -0.39 is 7.82 Å². The maximum atomic E-state index is 15.5. The molecule has 7 nitrogen and oxygen atoms in total. The Kier molecular flexibility index (Phi) is 11.8.